The summed E-state index contributed by atoms with van der Waals surface area (Å²) in [5.74, 6) is 4.17. The number of amides is 1. The zero-order chi connectivity index (χ0) is 30.3. The molecule has 0 spiro atoms. The van der Waals surface area contributed by atoms with Gasteiger partial charge in [-0.1, -0.05) is 6.92 Å². The van der Waals surface area contributed by atoms with E-state index in [1.807, 2.05) is 11.8 Å². The molecule has 1 amide bonds. The van der Waals surface area contributed by atoms with Crippen LogP contribution in [0.1, 0.15) is 69.7 Å². The van der Waals surface area contributed by atoms with Crippen LogP contribution in [0.4, 0.5) is 19.0 Å². The Bertz CT molecular complexity index is 1560. The lowest BCUT2D eigenvalue weighted by atomic mass is 10.0. The molecule has 228 valence electrons. The minimum Gasteiger partial charge on any atom is -0.477 e. The quantitative estimate of drug-likeness (QED) is 0.313. The highest BCUT2D eigenvalue weighted by atomic mass is 32.2. The third-order valence-corrected chi connectivity index (χ3v) is 9.53. The number of carbonyl (C=O) groups is 1. The van der Waals surface area contributed by atoms with Crippen LogP contribution in [-0.2, 0) is 16.3 Å². The number of carbonyl (C=O) groups excluding carboxylic acids is 1. The number of pyridine rings is 1. The van der Waals surface area contributed by atoms with Crippen molar-refractivity contribution < 1.29 is 26.9 Å². The van der Waals surface area contributed by atoms with E-state index in [2.05, 4.69) is 34.6 Å². The summed E-state index contributed by atoms with van der Waals surface area (Å²) in [5.41, 5.74) is -1.70. The van der Waals surface area contributed by atoms with E-state index >= 15 is 0 Å². The fourth-order valence-corrected chi connectivity index (χ4v) is 6.30. The molecule has 0 radical (unpaired) electrons. The average Bonchev–Trinajstić information content (AvgIpc) is 3.22. The van der Waals surface area contributed by atoms with E-state index in [9.17, 15) is 22.2 Å². The zero-order valence-corrected chi connectivity index (χ0v) is 24.8. The van der Waals surface area contributed by atoms with Crippen molar-refractivity contribution >= 4 is 27.3 Å². The van der Waals surface area contributed by atoms with Crippen molar-refractivity contribution in [2.75, 3.05) is 18.1 Å². The highest BCUT2D eigenvalue weighted by molar-refractivity contribution is 7.99. The molecule has 1 atom stereocenters. The molecule has 4 heterocycles. The van der Waals surface area contributed by atoms with Gasteiger partial charge < -0.3 is 9.64 Å². The van der Waals surface area contributed by atoms with Crippen LogP contribution in [-0.4, -0.2) is 65.4 Å². The van der Waals surface area contributed by atoms with Gasteiger partial charge in [-0.2, -0.15) is 18.3 Å². The second-order valence-corrected chi connectivity index (χ2v) is 13.7. The molecule has 3 aromatic heterocycles. The number of aromatic nitrogens is 5. The van der Waals surface area contributed by atoms with Gasteiger partial charge in [0.1, 0.15) is 5.82 Å². The van der Waals surface area contributed by atoms with Gasteiger partial charge in [0.2, 0.25) is 5.88 Å². The third kappa shape index (κ3) is 5.99. The second-order valence-electron chi connectivity index (χ2n) is 11.6. The molecule has 1 unspecified atom stereocenters. The number of ether oxygens (including phenoxy) is 1. The molecule has 1 N–H and O–H groups in total. The van der Waals surface area contributed by atoms with Crippen LogP contribution in [0.25, 0.3) is 5.82 Å². The van der Waals surface area contributed by atoms with E-state index in [0.717, 1.165) is 19.3 Å². The molecular formula is C28H36F3N7O3S. The second kappa shape index (κ2) is 10.9. The highest BCUT2D eigenvalue weighted by Crippen LogP contribution is 2.59. The van der Waals surface area contributed by atoms with Crippen LogP contribution >= 0.6 is 0 Å². The van der Waals surface area contributed by atoms with E-state index in [0.29, 0.717) is 29.6 Å². The van der Waals surface area contributed by atoms with Crippen LogP contribution in [0.2, 0.25) is 0 Å². The van der Waals surface area contributed by atoms with Gasteiger partial charge >= 0.3 is 6.18 Å². The van der Waals surface area contributed by atoms with Gasteiger partial charge in [-0.15, -0.1) is 5.10 Å². The molecule has 0 bridgehead atoms. The molecule has 42 heavy (non-hydrogen) atoms. The minimum atomic E-state index is -4.23. The third-order valence-electron chi connectivity index (χ3n) is 8.05. The largest absolute Gasteiger partial charge is 0.477 e. The van der Waals surface area contributed by atoms with Gasteiger partial charge in [-0.3, -0.25) is 14.2 Å². The first-order valence-electron chi connectivity index (χ1n) is 14.0. The number of hydrogen-bond donors (Lipinski definition) is 1. The zero-order valence-electron chi connectivity index (χ0n) is 24.0. The lowest BCUT2D eigenvalue weighted by Crippen LogP contribution is -2.41. The van der Waals surface area contributed by atoms with Gasteiger partial charge in [0.05, 0.1) is 38.4 Å². The Morgan fingerprint density at radius 1 is 1.21 bits per heavy atom. The first-order valence-corrected chi connectivity index (χ1v) is 15.7. The maximum absolute atomic E-state index is 13.5. The summed E-state index contributed by atoms with van der Waals surface area (Å²) in [6.45, 7) is 7.35. The average molecular weight is 608 g/mol. The molecule has 14 heteroatoms. The van der Waals surface area contributed by atoms with Crippen LogP contribution in [0.3, 0.4) is 0 Å². The lowest BCUT2D eigenvalue weighted by Gasteiger charge is -2.34. The summed E-state index contributed by atoms with van der Waals surface area (Å²) < 4.78 is 64.3. The van der Waals surface area contributed by atoms with Crippen LogP contribution in [0.5, 0.6) is 5.88 Å². The van der Waals surface area contributed by atoms with E-state index in [-0.39, 0.29) is 42.9 Å². The maximum atomic E-state index is 13.5. The first kappa shape index (κ1) is 29.9. The van der Waals surface area contributed by atoms with Gasteiger partial charge in [0, 0.05) is 37.1 Å². The van der Waals surface area contributed by atoms with Gasteiger partial charge in [-0.25, -0.2) is 13.9 Å². The van der Waals surface area contributed by atoms with Crippen molar-refractivity contribution in [1.29, 1.82) is 0 Å². The molecule has 1 aliphatic heterocycles. The van der Waals surface area contributed by atoms with E-state index < -0.39 is 27.2 Å². The number of hydrogen-bond acceptors (Lipinski definition) is 7. The van der Waals surface area contributed by atoms with Gasteiger partial charge in [0.15, 0.2) is 5.82 Å². The number of anilines is 1. The first-order chi connectivity index (χ1) is 19.7. The van der Waals surface area contributed by atoms with Crippen LogP contribution < -0.4 is 14.4 Å². The number of alkyl halides is 3. The van der Waals surface area contributed by atoms with Crippen molar-refractivity contribution in [3.8, 4) is 11.7 Å². The van der Waals surface area contributed by atoms with Gasteiger partial charge in [0.25, 0.3) is 5.91 Å². The summed E-state index contributed by atoms with van der Waals surface area (Å²) in [5, 5.41) is 8.54. The molecule has 5 rings (SSSR count). The normalized spacial score (nSPS) is 19.0. The van der Waals surface area contributed by atoms with Crippen LogP contribution in [0.15, 0.2) is 41.7 Å². The topological polar surface area (TPSA) is 107 Å². The van der Waals surface area contributed by atoms with Crippen LogP contribution in [0, 0.1) is 5.41 Å². The molecule has 3 aromatic rings. The summed E-state index contributed by atoms with van der Waals surface area (Å²) >= 11 is 0. The number of nitrogens with zero attached hydrogens (tertiary/aromatic N) is 6. The molecule has 2 aliphatic rings. The number of aryl methyl sites for hydroxylation is 1. The van der Waals surface area contributed by atoms with Crippen molar-refractivity contribution in [3.05, 3.63) is 42.4 Å². The summed E-state index contributed by atoms with van der Waals surface area (Å²) in [6.07, 6.45) is 3.21. The predicted octanol–water partition coefficient (Wildman–Crippen LogP) is 4.78. The van der Waals surface area contributed by atoms with E-state index in [1.54, 1.807) is 35.3 Å². The Labute approximate surface area is 243 Å². The predicted molar refractivity (Wildman–Crippen MR) is 153 cm³/mol. The summed E-state index contributed by atoms with van der Waals surface area (Å²) in [4.78, 5) is 20.7. The monoisotopic (exact) mass is 607 g/mol. The molecule has 1 saturated carbocycles. The SMILES string of the molecule is C=S(=O)(NC(=O)c1ccc(-n2ccc(OCCC3(C(F)(F)F)CC3)n2)nc1N1CCCC1(C)C)c1cnn(CCC)c1. The van der Waals surface area contributed by atoms with Crippen molar-refractivity contribution in [2.45, 2.75) is 82.5 Å². The molecule has 10 nitrogen and oxygen atoms in total. The van der Waals surface area contributed by atoms with Gasteiger partial charge in [-0.05, 0) is 70.4 Å². The Hall–Kier alpha value is -3.55. The number of rotatable bonds is 11. The van der Waals surface area contributed by atoms with Crippen molar-refractivity contribution in [3.63, 3.8) is 0 Å². The standard InChI is InChI=1S/C28H36F3N7O3S/c1-5-14-36-19-20(18-32-36)42(4,40)35-25(39)21-7-8-22(33-24(21)37-15-6-10-26(37,2)3)38-16-9-23(34-38)41-17-13-27(11-12-27)28(29,30)31/h7-9,16,18-19H,4-6,10-15,17H2,1-3H3,(H,35,39,40). The highest BCUT2D eigenvalue weighted by Gasteiger charge is 2.62. The van der Waals surface area contributed by atoms with E-state index in [4.69, 9.17) is 9.72 Å². The Morgan fingerprint density at radius 2 is 1.98 bits per heavy atom. The van der Waals surface area contributed by atoms with E-state index in [1.165, 1.54) is 10.9 Å². The molecule has 1 aliphatic carbocycles. The Morgan fingerprint density at radius 3 is 2.62 bits per heavy atom. The smallest absolute Gasteiger partial charge is 0.394 e. The number of halogens is 3. The maximum Gasteiger partial charge on any atom is 0.394 e. The molecule has 0 aromatic carbocycles. The molecule has 2 fully saturated rings. The lowest BCUT2D eigenvalue weighted by molar-refractivity contribution is -0.190. The Kier molecular flexibility index (Phi) is 7.79. The minimum absolute atomic E-state index is 0.0992. The number of nitrogens with one attached hydrogen (secondary N) is 1. The Balaban J connectivity index is 1.37. The fraction of sp³-hybridized carbons (Fsp3) is 0.536. The molecular weight excluding hydrogens is 571 g/mol. The van der Waals surface area contributed by atoms with Crippen molar-refractivity contribution in [2.24, 2.45) is 5.41 Å². The summed E-state index contributed by atoms with van der Waals surface area (Å²) in [6, 6.07) is 4.76. The summed E-state index contributed by atoms with van der Waals surface area (Å²) in [7, 11) is -3.19. The fourth-order valence-electron chi connectivity index (χ4n) is 5.27. The molecule has 1 saturated heterocycles. The van der Waals surface area contributed by atoms with Crippen molar-refractivity contribution in [1.82, 2.24) is 29.3 Å².